The van der Waals surface area contributed by atoms with Gasteiger partial charge in [-0.25, -0.2) is 9.97 Å². The molecule has 29 heavy (non-hydrogen) atoms. The predicted octanol–water partition coefficient (Wildman–Crippen LogP) is 2.27. The molecule has 5 aromatic rings. The van der Waals surface area contributed by atoms with Crippen molar-refractivity contribution in [2.75, 3.05) is 5.73 Å². The van der Waals surface area contributed by atoms with Gasteiger partial charge in [-0.15, -0.1) is 0 Å². The Labute approximate surface area is 163 Å². The van der Waals surface area contributed by atoms with Crippen LogP contribution in [0.15, 0.2) is 76.3 Å². The third-order valence-corrected chi connectivity index (χ3v) is 4.60. The molecule has 3 aromatic heterocycles. The van der Waals surface area contributed by atoms with E-state index >= 15 is 0 Å². The third-order valence-electron chi connectivity index (χ3n) is 4.60. The molecule has 3 heterocycles. The van der Waals surface area contributed by atoms with Crippen molar-refractivity contribution in [3.63, 3.8) is 0 Å². The minimum Gasteiger partial charge on any atom is -0.369 e. The summed E-state index contributed by atoms with van der Waals surface area (Å²) in [6, 6.07) is 20.0. The highest BCUT2D eigenvalue weighted by atomic mass is 16.1. The molecule has 0 aliphatic carbocycles. The van der Waals surface area contributed by atoms with Crippen LogP contribution in [0.1, 0.15) is 0 Å². The molecule has 0 saturated heterocycles. The zero-order valence-electron chi connectivity index (χ0n) is 15.0. The number of benzene rings is 2. The molecule has 0 amide bonds. The lowest BCUT2D eigenvalue weighted by atomic mass is 10.1. The highest BCUT2D eigenvalue weighted by Crippen LogP contribution is 2.22. The average Bonchev–Trinajstić information content (AvgIpc) is 2.74. The number of para-hydroxylation sites is 1. The van der Waals surface area contributed by atoms with Gasteiger partial charge in [0, 0.05) is 5.56 Å². The number of aromatic nitrogens is 5. The average molecular weight is 382 g/mol. The Kier molecular flexibility index (Phi) is 3.70. The second kappa shape index (κ2) is 6.38. The van der Waals surface area contributed by atoms with Gasteiger partial charge in [0.2, 0.25) is 5.95 Å². The van der Waals surface area contributed by atoms with Gasteiger partial charge in [-0.1, -0.05) is 48.5 Å². The van der Waals surface area contributed by atoms with Gasteiger partial charge in [0.1, 0.15) is 5.82 Å². The lowest BCUT2D eigenvalue weighted by Crippen LogP contribution is -2.23. The predicted molar refractivity (Wildman–Crippen MR) is 111 cm³/mol. The number of nitrogens with zero attached hydrogens (tertiary/aromatic N) is 4. The SMILES string of the molecule is Nc1nc2nc3nc(-c4ccccc4)n(-c4ccccc4)c(=O)c3cc2c(=O)[nH]1. The first-order valence-corrected chi connectivity index (χ1v) is 8.86. The number of hydrogen-bond acceptors (Lipinski definition) is 6. The maximum absolute atomic E-state index is 13.5. The Bertz CT molecular complexity index is 1490. The molecule has 0 unspecified atom stereocenters. The zero-order valence-corrected chi connectivity index (χ0v) is 15.0. The van der Waals surface area contributed by atoms with Crippen molar-refractivity contribution < 1.29 is 0 Å². The second-order valence-electron chi connectivity index (χ2n) is 6.46. The summed E-state index contributed by atoms with van der Waals surface area (Å²) in [5.74, 6) is 0.397. The first-order chi connectivity index (χ1) is 14.1. The van der Waals surface area contributed by atoms with Crippen molar-refractivity contribution in [2.24, 2.45) is 0 Å². The van der Waals surface area contributed by atoms with Gasteiger partial charge in [-0.2, -0.15) is 4.98 Å². The summed E-state index contributed by atoms with van der Waals surface area (Å²) in [7, 11) is 0. The number of anilines is 1. The number of fused-ring (bicyclic) bond motifs is 2. The number of hydrogen-bond donors (Lipinski definition) is 2. The molecule has 0 fully saturated rings. The number of nitrogen functional groups attached to an aromatic ring is 1. The Morgan fingerprint density at radius 2 is 1.45 bits per heavy atom. The van der Waals surface area contributed by atoms with E-state index < -0.39 is 5.56 Å². The van der Waals surface area contributed by atoms with Crippen LogP contribution in [0.25, 0.3) is 39.1 Å². The van der Waals surface area contributed by atoms with Crippen LogP contribution < -0.4 is 16.9 Å². The minimum absolute atomic E-state index is 0.0461. The number of nitrogens with two attached hydrogens (primary N) is 1. The second-order valence-corrected chi connectivity index (χ2v) is 6.46. The number of nitrogens with one attached hydrogen (secondary N) is 1. The van der Waals surface area contributed by atoms with Crippen LogP contribution >= 0.6 is 0 Å². The number of pyridine rings is 1. The fraction of sp³-hybridized carbons (Fsp3) is 0. The zero-order chi connectivity index (χ0) is 20.0. The molecular formula is C21H14N6O2. The smallest absolute Gasteiger partial charge is 0.267 e. The van der Waals surface area contributed by atoms with Crippen LogP contribution in [-0.2, 0) is 0 Å². The van der Waals surface area contributed by atoms with Gasteiger partial charge in [0.05, 0.1) is 16.5 Å². The van der Waals surface area contributed by atoms with Crippen molar-refractivity contribution in [2.45, 2.75) is 0 Å². The van der Waals surface area contributed by atoms with E-state index in [0.29, 0.717) is 11.5 Å². The van der Waals surface area contributed by atoms with E-state index in [1.165, 1.54) is 10.6 Å². The number of H-pyrrole nitrogens is 1. The van der Waals surface area contributed by atoms with Gasteiger partial charge in [-0.05, 0) is 18.2 Å². The van der Waals surface area contributed by atoms with Crippen LogP contribution in [-0.4, -0.2) is 24.5 Å². The largest absolute Gasteiger partial charge is 0.369 e. The van der Waals surface area contributed by atoms with E-state index in [0.717, 1.165) is 5.56 Å². The molecule has 0 aliphatic rings. The fourth-order valence-electron chi connectivity index (χ4n) is 3.28. The van der Waals surface area contributed by atoms with Crippen LogP contribution in [0, 0.1) is 0 Å². The van der Waals surface area contributed by atoms with Crippen molar-refractivity contribution in [3.05, 3.63) is 87.4 Å². The molecule has 140 valence electrons. The van der Waals surface area contributed by atoms with Crippen molar-refractivity contribution >= 4 is 28.0 Å². The molecule has 0 saturated carbocycles. The molecule has 8 nitrogen and oxygen atoms in total. The lowest BCUT2D eigenvalue weighted by molar-refractivity contribution is 0.970. The Morgan fingerprint density at radius 3 is 2.17 bits per heavy atom. The van der Waals surface area contributed by atoms with Gasteiger partial charge in [-0.3, -0.25) is 19.1 Å². The van der Waals surface area contributed by atoms with Crippen LogP contribution in [0.4, 0.5) is 5.95 Å². The normalized spacial score (nSPS) is 11.2. The standard InChI is InChI=1S/C21H14N6O2/c22-21-25-16-14(19(28)26-21)11-15-17(23-16)24-18(12-7-3-1-4-8-12)27(20(15)29)13-9-5-2-6-10-13/h1-11H,(H3,22,23,25,26,28). The number of aromatic amines is 1. The maximum Gasteiger partial charge on any atom is 0.267 e. The van der Waals surface area contributed by atoms with E-state index in [9.17, 15) is 9.59 Å². The van der Waals surface area contributed by atoms with E-state index in [1.807, 2.05) is 60.7 Å². The van der Waals surface area contributed by atoms with Crippen LogP contribution in [0.3, 0.4) is 0 Å². The van der Waals surface area contributed by atoms with Crippen LogP contribution in [0.5, 0.6) is 0 Å². The summed E-state index contributed by atoms with van der Waals surface area (Å²) in [6.45, 7) is 0. The number of rotatable bonds is 2. The maximum atomic E-state index is 13.5. The highest BCUT2D eigenvalue weighted by Gasteiger charge is 2.17. The summed E-state index contributed by atoms with van der Waals surface area (Å²) in [4.78, 5) is 41.2. The van der Waals surface area contributed by atoms with Crippen molar-refractivity contribution in [1.82, 2.24) is 24.5 Å². The Morgan fingerprint density at radius 1 is 0.793 bits per heavy atom. The first kappa shape index (κ1) is 16.8. The Hall–Kier alpha value is -4.33. The summed E-state index contributed by atoms with van der Waals surface area (Å²) in [5, 5.41) is 0.399. The molecule has 0 aliphatic heterocycles. The van der Waals surface area contributed by atoms with Gasteiger partial charge in [0.15, 0.2) is 11.3 Å². The molecule has 3 N–H and O–H groups in total. The van der Waals surface area contributed by atoms with E-state index in [4.69, 9.17) is 5.73 Å². The fourth-order valence-corrected chi connectivity index (χ4v) is 3.28. The summed E-state index contributed by atoms with van der Waals surface area (Å²) in [6.07, 6.45) is 0. The minimum atomic E-state index is -0.459. The molecule has 5 rings (SSSR count). The van der Waals surface area contributed by atoms with Crippen molar-refractivity contribution in [3.8, 4) is 17.1 Å². The van der Waals surface area contributed by atoms with Gasteiger partial charge >= 0.3 is 0 Å². The summed E-state index contributed by atoms with van der Waals surface area (Å²) >= 11 is 0. The first-order valence-electron chi connectivity index (χ1n) is 8.86. The highest BCUT2D eigenvalue weighted by molar-refractivity contribution is 5.89. The molecule has 0 bridgehead atoms. The monoisotopic (exact) mass is 382 g/mol. The summed E-state index contributed by atoms with van der Waals surface area (Å²) < 4.78 is 1.52. The quantitative estimate of drug-likeness (QED) is 0.452. The summed E-state index contributed by atoms with van der Waals surface area (Å²) in [5.41, 5.74) is 6.60. The van der Waals surface area contributed by atoms with Crippen molar-refractivity contribution in [1.29, 1.82) is 0 Å². The van der Waals surface area contributed by atoms with E-state index in [1.54, 1.807) is 0 Å². The van der Waals surface area contributed by atoms with E-state index in [2.05, 4.69) is 19.9 Å². The molecule has 0 radical (unpaired) electrons. The Balaban J connectivity index is 1.95. The topological polar surface area (TPSA) is 120 Å². The lowest BCUT2D eigenvalue weighted by Gasteiger charge is -2.13. The van der Waals surface area contributed by atoms with Gasteiger partial charge < -0.3 is 5.73 Å². The molecule has 8 heteroatoms. The molecule has 0 atom stereocenters. The molecular weight excluding hydrogens is 368 g/mol. The molecule has 0 spiro atoms. The third kappa shape index (κ3) is 2.74. The molecule has 2 aromatic carbocycles. The van der Waals surface area contributed by atoms with Gasteiger partial charge in [0.25, 0.3) is 11.1 Å². The van der Waals surface area contributed by atoms with E-state index in [-0.39, 0.29) is 33.6 Å². The van der Waals surface area contributed by atoms with Crippen LogP contribution in [0.2, 0.25) is 0 Å².